The van der Waals surface area contributed by atoms with Gasteiger partial charge in [0.05, 0.1) is 18.2 Å². The molecule has 0 bridgehead atoms. The second kappa shape index (κ2) is 9.13. The molecule has 0 atom stereocenters. The lowest BCUT2D eigenvalue weighted by atomic mass is 9.96. The molecule has 0 spiro atoms. The van der Waals surface area contributed by atoms with E-state index in [9.17, 15) is 22.4 Å². The van der Waals surface area contributed by atoms with Gasteiger partial charge in [0, 0.05) is 37.9 Å². The number of alkyl halides is 3. The van der Waals surface area contributed by atoms with E-state index < -0.39 is 23.5 Å². The fourth-order valence-corrected chi connectivity index (χ4v) is 3.95. The summed E-state index contributed by atoms with van der Waals surface area (Å²) in [6.45, 7) is 1.92. The molecule has 1 fully saturated rings. The van der Waals surface area contributed by atoms with Gasteiger partial charge in [0.2, 0.25) is 0 Å². The molecule has 1 heterocycles. The Bertz CT molecular complexity index is 1160. The Morgan fingerprint density at radius 2 is 1.64 bits per heavy atom. The summed E-state index contributed by atoms with van der Waals surface area (Å²) in [4.78, 5) is 17.0. The normalized spacial score (nSPS) is 14.3. The number of hydrogen-bond donors (Lipinski definition) is 0. The van der Waals surface area contributed by atoms with E-state index in [1.54, 1.807) is 12.0 Å². The molecule has 4 nitrogen and oxygen atoms in total. The minimum absolute atomic E-state index is 0.0455. The van der Waals surface area contributed by atoms with Gasteiger partial charge in [0.25, 0.3) is 5.91 Å². The molecule has 33 heavy (non-hydrogen) atoms. The first-order valence-corrected chi connectivity index (χ1v) is 10.4. The van der Waals surface area contributed by atoms with E-state index in [1.807, 2.05) is 24.3 Å². The first kappa shape index (κ1) is 22.6. The van der Waals surface area contributed by atoms with Gasteiger partial charge in [-0.15, -0.1) is 0 Å². The molecule has 8 heteroatoms. The van der Waals surface area contributed by atoms with Crippen LogP contribution < -0.4 is 9.64 Å². The van der Waals surface area contributed by atoms with Crippen molar-refractivity contribution in [2.45, 2.75) is 6.18 Å². The average molecular weight is 458 g/mol. The highest BCUT2D eigenvalue weighted by atomic mass is 19.4. The summed E-state index contributed by atoms with van der Waals surface area (Å²) < 4.78 is 58.8. The summed E-state index contributed by atoms with van der Waals surface area (Å²) >= 11 is 0. The molecule has 4 rings (SSSR count). The Hall–Kier alpha value is -3.55. The molecular formula is C25H22F4N2O2. The van der Waals surface area contributed by atoms with E-state index in [1.165, 1.54) is 18.2 Å². The van der Waals surface area contributed by atoms with Gasteiger partial charge in [0.1, 0.15) is 11.6 Å². The van der Waals surface area contributed by atoms with Crippen LogP contribution in [-0.2, 0) is 6.18 Å². The number of hydrogen-bond acceptors (Lipinski definition) is 3. The number of ether oxygens (including phenoxy) is 1. The smallest absolute Gasteiger partial charge is 0.416 e. The van der Waals surface area contributed by atoms with Crippen LogP contribution in [0.4, 0.5) is 23.2 Å². The van der Waals surface area contributed by atoms with E-state index in [-0.39, 0.29) is 16.7 Å². The first-order chi connectivity index (χ1) is 15.8. The molecule has 0 unspecified atom stereocenters. The predicted octanol–water partition coefficient (Wildman–Crippen LogP) is 5.48. The second-order valence-corrected chi connectivity index (χ2v) is 7.75. The van der Waals surface area contributed by atoms with Crippen molar-refractivity contribution >= 4 is 11.6 Å². The molecule has 0 radical (unpaired) electrons. The molecular weight excluding hydrogens is 436 g/mol. The maximum absolute atomic E-state index is 14.0. The van der Waals surface area contributed by atoms with Crippen molar-refractivity contribution in [1.29, 1.82) is 0 Å². The van der Waals surface area contributed by atoms with E-state index in [0.29, 0.717) is 26.2 Å². The number of piperazine rings is 1. The molecule has 1 aliphatic heterocycles. The van der Waals surface area contributed by atoms with Crippen LogP contribution in [0.2, 0.25) is 0 Å². The summed E-state index contributed by atoms with van der Waals surface area (Å²) in [6.07, 6.45) is -4.52. The van der Waals surface area contributed by atoms with Gasteiger partial charge < -0.3 is 14.5 Å². The number of benzene rings is 3. The summed E-state index contributed by atoms with van der Waals surface area (Å²) in [6, 6.07) is 15.9. The van der Waals surface area contributed by atoms with Crippen molar-refractivity contribution in [3.05, 3.63) is 83.7 Å². The van der Waals surface area contributed by atoms with Gasteiger partial charge >= 0.3 is 6.18 Å². The first-order valence-electron chi connectivity index (χ1n) is 10.4. The van der Waals surface area contributed by atoms with E-state index in [4.69, 9.17) is 4.74 Å². The van der Waals surface area contributed by atoms with Crippen molar-refractivity contribution < 1.29 is 27.1 Å². The third-order valence-electron chi connectivity index (χ3n) is 5.70. The third-order valence-corrected chi connectivity index (χ3v) is 5.70. The van der Waals surface area contributed by atoms with Gasteiger partial charge in [-0.05, 0) is 47.5 Å². The maximum Gasteiger partial charge on any atom is 0.416 e. The fraction of sp³-hybridized carbons (Fsp3) is 0.240. The lowest BCUT2D eigenvalue weighted by molar-refractivity contribution is -0.137. The number of amides is 1. The molecule has 1 saturated heterocycles. The predicted molar refractivity (Wildman–Crippen MR) is 118 cm³/mol. The average Bonchev–Trinajstić information content (AvgIpc) is 2.83. The molecule has 3 aromatic carbocycles. The SMILES string of the molecule is COc1cccc(N2CCN(C(=O)c3cc(F)ccc3-c3cccc(C(F)(F)F)c3)CC2)c1. The highest BCUT2D eigenvalue weighted by molar-refractivity contribution is 6.01. The Morgan fingerprint density at radius 3 is 2.33 bits per heavy atom. The topological polar surface area (TPSA) is 32.8 Å². The Morgan fingerprint density at radius 1 is 0.909 bits per heavy atom. The maximum atomic E-state index is 14.0. The lowest BCUT2D eigenvalue weighted by Crippen LogP contribution is -2.48. The molecule has 0 saturated carbocycles. The van der Waals surface area contributed by atoms with Crippen LogP contribution in [0.15, 0.2) is 66.7 Å². The van der Waals surface area contributed by atoms with Gasteiger partial charge in [0.15, 0.2) is 0 Å². The molecule has 172 valence electrons. The summed E-state index contributed by atoms with van der Waals surface area (Å²) in [5.74, 6) is -0.298. The standard InChI is InChI=1S/C25H22F4N2O2/c1-33-21-7-3-6-20(16-21)30-10-12-31(13-11-30)24(32)23-15-19(26)8-9-22(23)17-4-2-5-18(14-17)25(27,28)29/h2-9,14-16H,10-13H2,1H3. The van der Waals surface area contributed by atoms with Gasteiger partial charge in [-0.25, -0.2) is 4.39 Å². The Kier molecular flexibility index (Phi) is 6.26. The van der Waals surface area contributed by atoms with Crippen LogP contribution in [-0.4, -0.2) is 44.1 Å². The molecule has 1 amide bonds. The highest BCUT2D eigenvalue weighted by Gasteiger charge is 2.31. The number of methoxy groups -OCH3 is 1. The van der Waals surface area contributed by atoms with Crippen molar-refractivity contribution in [2.24, 2.45) is 0 Å². The largest absolute Gasteiger partial charge is 0.497 e. The molecule has 1 aliphatic rings. The zero-order valence-corrected chi connectivity index (χ0v) is 17.9. The highest BCUT2D eigenvalue weighted by Crippen LogP contribution is 2.34. The Balaban J connectivity index is 1.57. The number of carbonyl (C=O) groups excluding carboxylic acids is 1. The van der Waals surface area contributed by atoms with Crippen molar-refractivity contribution in [3.8, 4) is 16.9 Å². The molecule has 0 aromatic heterocycles. The summed E-state index contributed by atoms with van der Waals surface area (Å²) in [7, 11) is 1.59. The van der Waals surface area contributed by atoms with Gasteiger partial charge in [-0.3, -0.25) is 4.79 Å². The zero-order chi connectivity index (χ0) is 23.6. The van der Waals surface area contributed by atoms with E-state index >= 15 is 0 Å². The van der Waals surface area contributed by atoms with Crippen LogP contribution >= 0.6 is 0 Å². The van der Waals surface area contributed by atoms with Crippen LogP contribution in [0.1, 0.15) is 15.9 Å². The van der Waals surface area contributed by atoms with Gasteiger partial charge in [-0.1, -0.05) is 24.3 Å². The third kappa shape index (κ3) is 4.94. The number of halogens is 4. The second-order valence-electron chi connectivity index (χ2n) is 7.75. The van der Waals surface area contributed by atoms with Gasteiger partial charge in [-0.2, -0.15) is 13.2 Å². The Labute approximate surface area is 189 Å². The van der Waals surface area contributed by atoms with Crippen LogP contribution in [0.5, 0.6) is 5.75 Å². The zero-order valence-electron chi connectivity index (χ0n) is 17.9. The fourth-order valence-electron chi connectivity index (χ4n) is 3.95. The van der Waals surface area contributed by atoms with Crippen LogP contribution in [0.3, 0.4) is 0 Å². The quantitative estimate of drug-likeness (QED) is 0.486. The van der Waals surface area contributed by atoms with Crippen molar-refractivity contribution in [3.63, 3.8) is 0 Å². The molecule has 0 N–H and O–H groups in total. The van der Waals surface area contributed by atoms with Crippen molar-refractivity contribution in [2.75, 3.05) is 38.2 Å². The molecule has 3 aromatic rings. The lowest BCUT2D eigenvalue weighted by Gasteiger charge is -2.36. The number of nitrogens with zero attached hydrogens (tertiary/aromatic N) is 2. The van der Waals surface area contributed by atoms with Crippen LogP contribution in [0, 0.1) is 5.82 Å². The molecule has 0 aliphatic carbocycles. The van der Waals surface area contributed by atoms with Crippen LogP contribution in [0.25, 0.3) is 11.1 Å². The monoisotopic (exact) mass is 458 g/mol. The summed E-state index contributed by atoms with van der Waals surface area (Å²) in [5.41, 5.74) is 0.668. The number of carbonyl (C=O) groups is 1. The van der Waals surface area contributed by atoms with E-state index in [0.717, 1.165) is 35.7 Å². The van der Waals surface area contributed by atoms with E-state index in [2.05, 4.69) is 4.90 Å². The number of anilines is 1. The minimum atomic E-state index is -4.52. The minimum Gasteiger partial charge on any atom is -0.497 e. The number of rotatable bonds is 4. The summed E-state index contributed by atoms with van der Waals surface area (Å²) in [5, 5.41) is 0. The van der Waals surface area contributed by atoms with Crippen molar-refractivity contribution in [1.82, 2.24) is 4.90 Å².